The minimum atomic E-state index is -0.645. The van der Waals surface area contributed by atoms with Gasteiger partial charge in [-0.05, 0) is 43.7 Å². The highest BCUT2D eigenvalue weighted by molar-refractivity contribution is 6.16. The number of imide groups is 1. The smallest absolute Gasteiger partial charge is 0.329 e. The highest BCUT2D eigenvalue weighted by Gasteiger charge is 2.35. The van der Waals surface area contributed by atoms with Crippen LogP contribution in [0, 0.1) is 13.8 Å². The van der Waals surface area contributed by atoms with Gasteiger partial charge in [-0.25, -0.2) is 9.69 Å². The number of hydrogen-bond donors (Lipinski definition) is 2. The Labute approximate surface area is 198 Å². The van der Waals surface area contributed by atoms with Crippen LogP contribution >= 0.6 is 0 Å². The Morgan fingerprint density at radius 3 is 2.29 bits per heavy atom. The van der Waals surface area contributed by atoms with Crippen LogP contribution in [0.4, 0.5) is 10.5 Å². The molecule has 0 radical (unpaired) electrons. The number of nitrogens with one attached hydrogen (secondary N) is 2. The van der Waals surface area contributed by atoms with Crippen LogP contribution in [0.5, 0.6) is 5.75 Å². The van der Waals surface area contributed by atoms with E-state index in [-0.39, 0.29) is 12.2 Å². The lowest BCUT2D eigenvalue weighted by atomic mass is 10.1. The molecule has 0 atom stereocenters. The molecule has 3 aromatic carbocycles. The average molecular weight is 456 g/mol. The molecular weight excluding hydrogens is 430 g/mol. The summed E-state index contributed by atoms with van der Waals surface area (Å²) in [6, 6.07) is 21.9. The summed E-state index contributed by atoms with van der Waals surface area (Å²) in [6.45, 7) is 3.94. The van der Waals surface area contributed by atoms with Crippen molar-refractivity contribution in [3.05, 3.63) is 101 Å². The Morgan fingerprint density at radius 2 is 1.59 bits per heavy atom. The van der Waals surface area contributed by atoms with E-state index in [0.717, 1.165) is 16.0 Å². The van der Waals surface area contributed by atoms with Crippen molar-refractivity contribution in [2.45, 2.75) is 20.5 Å². The molecule has 2 N–H and O–H groups in total. The van der Waals surface area contributed by atoms with Crippen LogP contribution in [-0.2, 0) is 16.2 Å². The fourth-order valence-electron chi connectivity index (χ4n) is 3.43. The van der Waals surface area contributed by atoms with Gasteiger partial charge in [0.2, 0.25) is 5.91 Å². The summed E-state index contributed by atoms with van der Waals surface area (Å²) < 4.78 is 5.96. The zero-order valence-electron chi connectivity index (χ0n) is 19.0. The molecule has 34 heavy (non-hydrogen) atoms. The summed E-state index contributed by atoms with van der Waals surface area (Å²) in [4.78, 5) is 38.5. The van der Waals surface area contributed by atoms with Gasteiger partial charge in [0, 0.05) is 11.3 Å². The van der Waals surface area contributed by atoms with Gasteiger partial charge < -0.3 is 15.4 Å². The van der Waals surface area contributed by atoms with Gasteiger partial charge in [0.05, 0.1) is 0 Å². The minimum Gasteiger partial charge on any atom is -0.488 e. The van der Waals surface area contributed by atoms with Crippen LogP contribution in [0.15, 0.2) is 78.5 Å². The number of ether oxygens (including phenoxy) is 1. The number of para-hydroxylation sites is 1. The number of amides is 4. The quantitative estimate of drug-likeness (QED) is 0.408. The second kappa shape index (κ2) is 10.0. The minimum absolute atomic E-state index is 0.0829. The number of aryl methyl sites for hydroxylation is 2. The molecule has 1 saturated heterocycles. The third-order valence-electron chi connectivity index (χ3n) is 5.33. The molecule has 0 bridgehead atoms. The normalized spacial score (nSPS) is 14.3. The van der Waals surface area contributed by atoms with Crippen molar-refractivity contribution in [3.8, 4) is 5.75 Å². The molecule has 4 rings (SSSR count). The molecular formula is C27H25N3O4. The number of nitrogens with zero attached hydrogens (tertiary/aromatic N) is 1. The Hall–Kier alpha value is -4.39. The highest BCUT2D eigenvalue weighted by Crippen LogP contribution is 2.24. The lowest BCUT2D eigenvalue weighted by Crippen LogP contribution is -2.38. The van der Waals surface area contributed by atoms with Gasteiger partial charge in [-0.15, -0.1) is 0 Å². The Balaban J connectivity index is 1.44. The second-order valence-corrected chi connectivity index (χ2v) is 8.11. The van der Waals surface area contributed by atoms with E-state index in [1.165, 1.54) is 5.56 Å². The summed E-state index contributed by atoms with van der Waals surface area (Å²) in [5.41, 5.74) is 4.57. The number of carbonyl (C=O) groups is 3. The van der Waals surface area contributed by atoms with Crippen molar-refractivity contribution in [1.82, 2.24) is 10.2 Å². The van der Waals surface area contributed by atoms with Crippen molar-refractivity contribution in [1.29, 1.82) is 0 Å². The third kappa shape index (κ3) is 5.50. The SMILES string of the molecule is Cc1ccc(COc2ccccc2C=C2NC(=O)N(CC(=O)Nc3ccc(C)cc3)C2=O)cc1. The second-order valence-electron chi connectivity index (χ2n) is 8.11. The highest BCUT2D eigenvalue weighted by atomic mass is 16.5. The molecule has 4 amide bonds. The number of hydrogen-bond acceptors (Lipinski definition) is 4. The van der Waals surface area contributed by atoms with Crippen LogP contribution in [0.1, 0.15) is 22.3 Å². The van der Waals surface area contributed by atoms with Gasteiger partial charge in [-0.1, -0.05) is 65.7 Å². The van der Waals surface area contributed by atoms with Crippen LogP contribution in [0.25, 0.3) is 6.08 Å². The first kappa shape index (κ1) is 22.8. The molecule has 7 nitrogen and oxygen atoms in total. The van der Waals surface area contributed by atoms with E-state index < -0.39 is 17.8 Å². The molecule has 1 aliphatic rings. The van der Waals surface area contributed by atoms with Crippen LogP contribution in [0.3, 0.4) is 0 Å². The average Bonchev–Trinajstić information content (AvgIpc) is 3.08. The first-order chi connectivity index (χ1) is 16.4. The lowest BCUT2D eigenvalue weighted by molar-refractivity contribution is -0.127. The van der Waals surface area contributed by atoms with Crippen molar-refractivity contribution in [2.75, 3.05) is 11.9 Å². The van der Waals surface area contributed by atoms with Crippen LogP contribution in [-0.4, -0.2) is 29.3 Å². The summed E-state index contributed by atoms with van der Waals surface area (Å²) >= 11 is 0. The van der Waals surface area contributed by atoms with E-state index in [4.69, 9.17) is 4.74 Å². The first-order valence-corrected chi connectivity index (χ1v) is 10.9. The van der Waals surface area contributed by atoms with E-state index in [1.54, 1.807) is 30.3 Å². The van der Waals surface area contributed by atoms with Crippen molar-refractivity contribution in [2.24, 2.45) is 0 Å². The van der Waals surface area contributed by atoms with Crippen molar-refractivity contribution in [3.63, 3.8) is 0 Å². The molecule has 0 saturated carbocycles. The monoisotopic (exact) mass is 455 g/mol. The first-order valence-electron chi connectivity index (χ1n) is 10.9. The predicted molar refractivity (Wildman–Crippen MR) is 130 cm³/mol. The third-order valence-corrected chi connectivity index (χ3v) is 5.33. The van der Waals surface area contributed by atoms with Crippen molar-refractivity contribution >= 4 is 29.6 Å². The summed E-state index contributed by atoms with van der Waals surface area (Å²) in [5, 5.41) is 5.24. The largest absolute Gasteiger partial charge is 0.488 e. The molecule has 3 aromatic rings. The fourth-order valence-corrected chi connectivity index (χ4v) is 3.43. The van der Waals surface area contributed by atoms with Gasteiger partial charge in [0.1, 0.15) is 24.6 Å². The Morgan fingerprint density at radius 1 is 0.941 bits per heavy atom. The summed E-state index contributed by atoms with van der Waals surface area (Å²) in [5.74, 6) is -0.457. The maximum Gasteiger partial charge on any atom is 0.329 e. The van der Waals surface area contributed by atoms with E-state index in [1.807, 2.05) is 62.4 Å². The van der Waals surface area contributed by atoms with Gasteiger partial charge >= 0.3 is 6.03 Å². The van der Waals surface area contributed by atoms with Gasteiger partial charge in [-0.2, -0.15) is 0 Å². The lowest BCUT2D eigenvalue weighted by Gasteiger charge is -2.12. The number of urea groups is 1. The molecule has 1 aliphatic heterocycles. The Bertz CT molecular complexity index is 1250. The summed E-state index contributed by atoms with van der Waals surface area (Å²) in [7, 11) is 0. The molecule has 0 spiro atoms. The maximum atomic E-state index is 12.8. The molecule has 7 heteroatoms. The van der Waals surface area contributed by atoms with Crippen LogP contribution in [0.2, 0.25) is 0 Å². The topological polar surface area (TPSA) is 87.7 Å². The maximum absolute atomic E-state index is 12.8. The van der Waals surface area contributed by atoms with Gasteiger partial charge in [0.25, 0.3) is 5.91 Å². The summed E-state index contributed by atoms with van der Waals surface area (Å²) in [6.07, 6.45) is 1.56. The molecule has 1 fully saturated rings. The Kier molecular flexibility index (Phi) is 6.73. The number of rotatable bonds is 7. The standard InChI is InChI=1S/C27H25N3O4/c1-18-7-11-20(12-8-18)17-34-24-6-4-3-5-21(24)15-23-26(32)30(27(33)29-23)16-25(31)28-22-13-9-19(2)10-14-22/h3-15H,16-17H2,1-2H3,(H,28,31)(H,29,33). The fraction of sp³-hybridized carbons (Fsp3) is 0.148. The van der Waals surface area contributed by atoms with E-state index in [0.29, 0.717) is 23.6 Å². The number of benzene rings is 3. The van der Waals surface area contributed by atoms with E-state index >= 15 is 0 Å². The number of anilines is 1. The van der Waals surface area contributed by atoms with Crippen LogP contribution < -0.4 is 15.4 Å². The molecule has 0 unspecified atom stereocenters. The zero-order valence-corrected chi connectivity index (χ0v) is 19.0. The molecule has 172 valence electrons. The molecule has 0 aromatic heterocycles. The van der Waals surface area contributed by atoms with E-state index in [2.05, 4.69) is 10.6 Å². The van der Waals surface area contributed by atoms with Crippen molar-refractivity contribution < 1.29 is 19.1 Å². The molecule has 1 heterocycles. The number of carbonyl (C=O) groups excluding carboxylic acids is 3. The molecule has 0 aliphatic carbocycles. The van der Waals surface area contributed by atoms with Gasteiger partial charge in [0.15, 0.2) is 0 Å². The predicted octanol–water partition coefficient (Wildman–Crippen LogP) is 4.41. The van der Waals surface area contributed by atoms with E-state index in [9.17, 15) is 14.4 Å². The van der Waals surface area contributed by atoms with Gasteiger partial charge in [-0.3, -0.25) is 9.59 Å². The zero-order chi connectivity index (χ0) is 24.1.